The number of benzene rings is 1. The molecular weight excluding hydrogens is 276 g/mol. The number of hydrogen-bond donors (Lipinski definition) is 1. The van der Waals surface area contributed by atoms with E-state index in [1.54, 1.807) is 7.05 Å². The van der Waals surface area contributed by atoms with Gasteiger partial charge in [-0.3, -0.25) is 0 Å². The highest BCUT2D eigenvalue weighted by atomic mass is 35.5. The smallest absolute Gasteiger partial charge is 0.328 e. The third-order valence-corrected chi connectivity index (χ3v) is 2.97. The summed E-state index contributed by atoms with van der Waals surface area (Å²) >= 11 is 5.85. The average Bonchev–Trinajstić information content (AvgIpc) is 2.37. The van der Waals surface area contributed by atoms with Crippen molar-refractivity contribution in [2.75, 3.05) is 12.4 Å². The first-order chi connectivity index (χ1) is 9.49. The van der Waals surface area contributed by atoms with Gasteiger partial charge in [-0.2, -0.15) is 15.0 Å². The van der Waals surface area contributed by atoms with Crippen LogP contribution in [0.1, 0.15) is 30.9 Å². The van der Waals surface area contributed by atoms with Gasteiger partial charge in [0, 0.05) is 7.05 Å². The van der Waals surface area contributed by atoms with Crippen LogP contribution in [0.25, 0.3) is 0 Å². The number of hydrogen-bond acceptors (Lipinski definition) is 5. The predicted molar refractivity (Wildman–Crippen MR) is 79.7 cm³/mol. The monoisotopic (exact) mass is 292 g/mol. The Kier molecular flexibility index (Phi) is 4.39. The van der Waals surface area contributed by atoms with Crippen LogP contribution in [0.2, 0.25) is 5.28 Å². The Hall–Kier alpha value is -1.88. The number of nitrogens with zero attached hydrogens (tertiary/aromatic N) is 3. The van der Waals surface area contributed by atoms with Crippen molar-refractivity contribution < 1.29 is 4.74 Å². The summed E-state index contributed by atoms with van der Waals surface area (Å²) in [6, 6.07) is 6.26. The Morgan fingerprint density at radius 2 is 1.95 bits per heavy atom. The Labute approximate surface area is 123 Å². The molecule has 1 N–H and O–H groups in total. The van der Waals surface area contributed by atoms with Crippen molar-refractivity contribution in [3.63, 3.8) is 0 Å². The van der Waals surface area contributed by atoms with E-state index in [4.69, 9.17) is 16.3 Å². The fourth-order valence-corrected chi connectivity index (χ4v) is 1.95. The van der Waals surface area contributed by atoms with E-state index in [0.717, 1.165) is 16.9 Å². The van der Waals surface area contributed by atoms with E-state index >= 15 is 0 Å². The van der Waals surface area contributed by atoms with Gasteiger partial charge in [0.15, 0.2) is 0 Å². The zero-order valence-corrected chi connectivity index (χ0v) is 12.7. The van der Waals surface area contributed by atoms with Crippen molar-refractivity contribution in [1.82, 2.24) is 15.0 Å². The standard InChI is InChI=1S/C14H17ClN4O/c1-8(2)10-6-5-9(3)7-11(10)20-14-18-12(15)17-13(16-4)19-14/h5-8H,1-4H3,(H,16,17,18,19). The first kappa shape index (κ1) is 14.5. The van der Waals surface area contributed by atoms with E-state index in [-0.39, 0.29) is 11.3 Å². The minimum absolute atomic E-state index is 0.0955. The zero-order chi connectivity index (χ0) is 14.7. The van der Waals surface area contributed by atoms with Gasteiger partial charge in [-0.05, 0) is 41.6 Å². The van der Waals surface area contributed by atoms with Gasteiger partial charge in [-0.1, -0.05) is 26.0 Å². The van der Waals surface area contributed by atoms with E-state index in [2.05, 4.69) is 46.2 Å². The molecule has 0 saturated carbocycles. The molecule has 0 fully saturated rings. The second-order valence-corrected chi connectivity index (χ2v) is 5.10. The summed E-state index contributed by atoms with van der Waals surface area (Å²) in [5.41, 5.74) is 2.21. The Bertz CT molecular complexity index is 616. The molecular formula is C14H17ClN4O. The Balaban J connectivity index is 2.38. The highest BCUT2D eigenvalue weighted by Crippen LogP contribution is 2.30. The molecule has 0 saturated heterocycles. The lowest BCUT2D eigenvalue weighted by Crippen LogP contribution is -2.02. The van der Waals surface area contributed by atoms with Gasteiger partial charge in [-0.15, -0.1) is 0 Å². The van der Waals surface area contributed by atoms with E-state index in [1.807, 2.05) is 13.0 Å². The van der Waals surface area contributed by atoms with E-state index in [0.29, 0.717) is 11.9 Å². The summed E-state index contributed by atoms with van der Waals surface area (Å²) in [7, 11) is 1.71. The minimum Gasteiger partial charge on any atom is -0.424 e. The number of halogens is 1. The van der Waals surface area contributed by atoms with Gasteiger partial charge in [-0.25, -0.2) is 0 Å². The maximum absolute atomic E-state index is 5.85. The number of rotatable bonds is 4. The van der Waals surface area contributed by atoms with Crippen molar-refractivity contribution in [2.24, 2.45) is 0 Å². The number of ether oxygens (including phenoxy) is 1. The summed E-state index contributed by atoms with van der Waals surface area (Å²) < 4.78 is 5.79. The SMILES string of the molecule is CNc1nc(Cl)nc(Oc2cc(C)ccc2C(C)C)n1. The summed E-state index contributed by atoms with van der Waals surface area (Å²) in [4.78, 5) is 12.0. The Morgan fingerprint density at radius 3 is 2.60 bits per heavy atom. The van der Waals surface area contributed by atoms with Gasteiger partial charge in [0.1, 0.15) is 5.75 Å². The van der Waals surface area contributed by atoms with Crippen molar-refractivity contribution >= 4 is 17.5 Å². The number of aromatic nitrogens is 3. The molecule has 5 nitrogen and oxygen atoms in total. The molecule has 20 heavy (non-hydrogen) atoms. The first-order valence-corrected chi connectivity index (χ1v) is 6.75. The molecule has 2 aromatic rings. The highest BCUT2D eigenvalue weighted by molar-refractivity contribution is 6.28. The van der Waals surface area contributed by atoms with Crippen LogP contribution in [-0.2, 0) is 0 Å². The third kappa shape index (κ3) is 3.36. The zero-order valence-electron chi connectivity index (χ0n) is 11.9. The van der Waals surface area contributed by atoms with Crippen molar-refractivity contribution in [2.45, 2.75) is 26.7 Å². The minimum atomic E-state index is 0.0955. The molecule has 1 aromatic carbocycles. The molecule has 2 rings (SSSR count). The lowest BCUT2D eigenvalue weighted by molar-refractivity contribution is 0.433. The highest BCUT2D eigenvalue weighted by Gasteiger charge is 2.12. The predicted octanol–water partition coefficient (Wildman–Crippen LogP) is 3.79. The molecule has 106 valence electrons. The van der Waals surface area contributed by atoms with Gasteiger partial charge in [0.05, 0.1) is 0 Å². The van der Waals surface area contributed by atoms with Crippen LogP contribution in [0.5, 0.6) is 11.8 Å². The summed E-state index contributed by atoms with van der Waals surface area (Å²) in [6.07, 6.45) is 0. The van der Waals surface area contributed by atoms with Crippen LogP contribution in [-0.4, -0.2) is 22.0 Å². The maximum atomic E-state index is 5.85. The van der Waals surface area contributed by atoms with Crippen LogP contribution < -0.4 is 10.1 Å². The van der Waals surface area contributed by atoms with Crippen LogP contribution >= 0.6 is 11.6 Å². The molecule has 6 heteroatoms. The van der Waals surface area contributed by atoms with Crippen molar-refractivity contribution in [1.29, 1.82) is 0 Å². The van der Waals surface area contributed by atoms with Crippen LogP contribution in [0, 0.1) is 6.92 Å². The molecule has 1 aromatic heterocycles. The normalized spacial score (nSPS) is 10.7. The van der Waals surface area contributed by atoms with Gasteiger partial charge < -0.3 is 10.1 Å². The first-order valence-electron chi connectivity index (χ1n) is 6.37. The fourth-order valence-electron chi connectivity index (χ4n) is 1.79. The van der Waals surface area contributed by atoms with Crippen molar-refractivity contribution in [3.05, 3.63) is 34.6 Å². The molecule has 0 unspecified atom stereocenters. The lowest BCUT2D eigenvalue weighted by Gasteiger charge is -2.13. The summed E-state index contributed by atoms with van der Waals surface area (Å²) in [5.74, 6) is 1.45. The second-order valence-electron chi connectivity index (χ2n) is 4.76. The number of aryl methyl sites for hydroxylation is 1. The maximum Gasteiger partial charge on any atom is 0.328 e. The largest absolute Gasteiger partial charge is 0.424 e. The van der Waals surface area contributed by atoms with Crippen LogP contribution in [0.4, 0.5) is 5.95 Å². The van der Waals surface area contributed by atoms with Crippen LogP contribution in [0.15, 0.2) is 18.2 Å². The second kappa shape index (κ2) is 6.05. The van der Waals surface area contributed by atoms with E-state index in [9.17, 15) is 0 Å². The van der Waals surface area contributed by atoms with E-state index < -0.39 is 0 Å². The molecule has 0 bridgehead atoms. The summed E-state index contributed by atoms with van der Waals surface area (Å²) in [5, 5.41) is 2.91. The molecule has 0 aliphatic carbocycles. The van der Waals surface area contributed by atoms with Gasteiger partial charge >= 0.3 is 6.01 Å². The third-order valence-electron chi connectivity index (χ3n) is 2.80. The molecule has 0 radical (unpaired) electrons. The molecule has 0 atom stereocenters. The van der Waals surface area contributed by atoms with Crippen molar-refractivity contribution in [3.8, 4) is 11.8 Å². The molecule has 1 heterocycles. The van der Waals surface area contributed by atoms with E-state index in [1.165, 1.54) is 0 Å². The molecule has 0 amide bonds. The molecule has 0 aliphatic heterocycles. The fraction of sp³-hybridized carbons (Fsp3) is 0.357. The number of anilines is 1. The topological polar surface area (TPSA) is 59.9 Å². The number of nitrogens with one attached hydrogen (secondary N) is 1. The lowest BCUT2D eigenvalue weighted by atomic mass is 10.0. The Morgan fingerprint density at radius 1 is 1.20 bits per heavy atom. The summed E-state index contributed by atoms with van der Waals surface area (Å²) in [6.45, 7) is 6.23. The van der Waals surface area contributed by atoms with Gasteiger partial charge in [0.25, 0.3) is 0 Å². The molecule has 0 aliphatic rings. The average molecular weight is 293 g/mol. The quantitative estimate of drug-likeness (QED) is 0.929. The van der Waals surface area contributed by atoms with Crippen LogP contribution in [0.3, 0.4) is 0 Å². The van der Waals surface area contributed by atoms with Gasteiger partial charge in [0.2, 0.25) is 11.2 Å². The molecule has 0 spiro atoms.